The number of nitrogens with zero attached hydrogens (tertiary/aromatic N) is 5. The second-order valence-corrected chi connectivity index (χ2v) is 7.56. The standard InChI is InChI=1S/C17H25N5S/c1-14(2)16(21-10-12-23-13-11-21)17-18-19-20-22(17)9-8-15-6-4-3-5-7-15/h3-7,14,16H,8-13H2,1-2H3/t16-/m1/s1. The van der Waals surface area contributed by atoms with Crippen molar-refractivity contribution in [2.45, 2.75) is 32.9 Å². The molecule has 3 rings (SSSR count). The van der Waals surface area contributed by atoms with Crippen LogP contribution < -0.4 is 0 Å². The molecule has 0 N–H and O–H groups in total. The first kappa shape index (κ1) is 16.5. The van der Waals surface area contributed by atoms with Gasteiger partial charge in [-0.15, -0.1) is 5.10 Å². The minimum Gasteiger partial charge on any atom is -0.291 e. The molecular formula is C17H25N5S. The first-order chi connectivity index (χ1) is 11.3. The number of aromatic nitrogens is 4. The van der Waals surface area contributed by atoms with Crippen LogP contribution in [0, 0.1) is 5.92 Å². The van der Waals surface area contributed by atoms with Gasteiger partial charge in [0, 0.05) is 31.1 Å². The average Bonchev–Trinajstić information content (AvgIpc) is 3.03. The van der Waals surface area contributed by atoms with E-state index in [1.54, 1.807) is 0 Å². The van der Waals surface area contributed by atoms with E-state index < -0.39 is 0 Å². The highest BCUT2D eigenvalue weighted by Gasteiger charge is 2.29. The molecular weight excluding hydrogens is 306 g/mol. The largest absolute Gasteiger partial charge is 0.291 e. The average molecular weight is 331 g/mol. The summed E-state index contributed by atoms with van der Waals surface area (Å²) in [6, 6.07) is 10.8. The number of rotatable bonds is 6. The van der Waals surface area contributed by atoms with Gasteiger partial charge >= 0.3 is 0 Å². The molecule has 1 aromatic carbocycles. The van der Waals surface area contributed by atoms with E-state index in [-0.39, 0.29) is 0 Å². The molecule has 6 heteroatoms. The van der Waals surface area contributed by atoms with Gasteiger partial charge in [-0.25, -0.2) is 4.68 Å². The van der Waals surface area contributed by atoms with Gasteiger partial charge in [-0.2, -0.15) is 11.8 Å². The van der Waals surface area contributed by atoms with Crippen LogP contribution in [-0.2, 0) is 13.0 Å². The van der Waals surface area contributed by atoms with E-state index in [0.717, 1.165) is 31.9 Å². The van der Waals surface area contributed by atoms with E-state index in [1.807, 2.05) is 16.4 Å². The number of benzene rings is 1. The molecule has 1 aromatic heterocycles. The normalized spacial score (nSPS) is 17.5. The van der Waals surface area contributed by atoms with Crippen molar-refractivity contribution in [3.05, 3.63) is 41.7 Å². The molecule has 2 aromatic rings. The molecule has 1 aliphatic rings. The Labute approximate surface area is 142 Å². The molecule has 0 amide bonds. The topological polar surface area (TPSA) is 46.8 Å². The zero-order chi connectivity index (χ0) is 16.1. The zero-order valence-electron chi connectivity index (χ0n) is 13.9. The maximum Gasteiger partial charge on any atom is 0.168 e. The Morgan fingerprint density at radius 1 is 1.13 bits per heavy atom. The highest BCUT2D eigenvalue weighted by molar-refractivity contribution is 7.99. The number of aryl methyl sites for hydroxylation is 2. The van der Waals surface area contributed by atoms with E-state index in [9.17, 15) is 0 Å². The molecule has 1 aliphatic heterocycles. The highest BCUT2D eigenvalue weighted by Crippen LogP contribution is 2.29. The van der Waals surface area contributed by atoms with Crippen LogP contribution in [0.4, 0.5) is 0 Å². The molecule has 23 heavy (non-hydrogen) atoms. The van der Waals surface area contributed by atoms with Crippen LogP contribution in [-0.4, -0.2) is 49.7 Å². The Kier molecular flexibility index (Phi) is 5.67. The Morgan fingerprint density at radius 3 is 2.57 bits per heavy atom. The predicted molar refractivity (Wildman–Crippen MR) is 94.4 cm³/mol. The Bertz CT molecular complexity index is 592. The maximum atomic E-state index is 4.38. The Morgan fingerprint density at radius 2 is 1.87 bits per heavy atom. The van der Waals surface area contributed by atoms with Crippen LogP contribution in [0.5, 0.6) is 0 Å². The van der Waals surface area contributed by atoms with Crippen LogP contribution in [0.3, 0.4) is 0 Å². The SMILES string of the molecule is CC(C)[C@H](c1nnnn1CCc1ccccc1)N1CCSCC1. The van der Waals surface area contributed by atoms with Gasteiger partial charge in [0.25, 0.3) is 0 Å². The van der Waals surface area contributed by atoms with Crippen molar-refractivity contribution in [2.24, 2.45) is 5.92 Å². The molecule has 1 saturated heterocycles. The van der Waals surface area contributed by atoms with Crippen molar-refractivity contribution in [1.82, 2.24) is 25.1 Å². The lowest BCUT2D eigenvalue weighted by atomic mass is 10.0. The summed E-state index contributed by atoms with van der Waals surface area (Å²) >= 11 is 2.04. The van der Waals surface area contributed by atoms with Gasteiger partial charge in [0.15, 0.2) is 5.82 Å². The number of hydrogen-bond donors (Lipinski definition) is 0. The molecule has 1 atom stereocenters. The van der Waals surface area contributed by atoms with Crippen molar-refractivity contribution in [1.29, 1.82) is 0 Å². The highest BCUT2D eigenvalue weighted by atomic mass is 32.2. The third-order valence-corrected chi connectivity index (χ3v) is 5.29. The van der Waals surface area contributed by atoms with E-state index >= 15 is 0 Å². The molecule has 124 valence electrons. The fraction of sp³-hybridized carbons (Fsp3) is 0.588. The second-order valence-electron chi connectivity index (χ2n) is 6.33. The van der Waals surface area contributed by atoms with Crippen LogP contribution in [0.1, 0.15) is 31.3 Å². The maximum absolute atomic E-state index is 4.38. The number of tetrazole rings is 1. The fourth-order valence-electron chi connectivity index (χ4n) is 3.20. The lowest BCUT2D eigenvalue weighted by Gasteiger charge is -2.35. The molecule has 0 saturated carbocycles. The van der Waals surface area contributed by atoms with Crippen molar-refractivity contribution >= 4 is 11.8 Å². The zero-order valence-corrected chi connectivity index (χ0v) is 14.7. The molecule has 0 radical (unpaired) electrons. The molecule has 1 fully saturated rings. The van der Waals surface area contributed by atoms with Crippen LogP contribution in [0.25, 0.3) is 0 Å². The summed E-state index contributed by atoms with van der Waals surface area (Å²) in [6.45, 7) is 7.61. The summed E-state index contributed by atoms with van der Waals surface area (Å²) in [7, 11) is 0. The predicted octanol–water partition coefficient (Wildman–Crippen LogP) is 2.66. The third-order valence-electron chi connectivity index (χ3n) is 4.35. The minimum absolute atomic E-state index is 0.307. The smallest absolute Gasteiger partial charge is 0.168 e. The van der Waals surface area contributed by atoms with Crippen LogP contribution in [0.2, 0.25) is 0 Å². The lowest BCUT2D eigenvalue weighted by molar-refractivity contribution is 0.157. The number of thioether (sulfide) groups is 1. The van der Waals surface area contributed by atoms with Crippen molar-refractivity contribution in [3.63, 3.8) is 0 Å². The summed E-state index contributed by atoms with van der Waals surface area (Å²) in [6.07, 6.45) is 0.958. The summed E-state index contributed by atoms with van der Waals surface area (Å²) < 4.78 is 2.00. The molecule has 0 spiro atoms. The molecule has 5 nitrogen and oxygen atoms in total. The molecule has 0 aliphatic carbocycles. The first-order valence-corrected chi connectivity index (χ1v) is 9.53. The molecule has 0 unspecified atom stereocenters. The lowest BCUT2D eigenvalue weighted by Crippen LogP contribution is -2.39. The fourth-order valence-corrected chi connectivity index (χ4v) is 4.13. The summed E-state index contributed by atoms with van der Waals surface area (Å²) in [5.74, 6) is 3.92. The van der Waals surface area contributed by atoms with Gasteiger partial charge in [-0.1, -0.05) is 44.2 Å². The summed E-state index contributed by atoms with van der Waals surface area (Å²) in [4.78, 5) is 2.55. The Hall–Kier alpha value is -1.40. The van der Waals surface area contributed by atoms with Crippen molar-refractivity contribution in [3.8, 4) is 0 Å². The van der Waals surface area contributed by atoms with Crippen LogP contribution >= 0.6 is 11.8 Å². The van der Waals surface area contributed by atoms with Crippen LogP contribution in [0.15, 0.2) is 30.3 Å². The van der Waals surface area contributed by atoms with Crippen molar-refractivity contribution in [2.75, 3.05) is 24.6 Å². The second kappa shape index (κ2) is 7.93. The first-order valence-electron chi connectivity index (χ1n) is 8.37. The Balaban J connectivity index is 1.74. The van der Waals surface area contributed by atoms with Gasteiger partial charge < -0.3 is 0 Å². The monoisotopic (exact) mass is 331 g/mol. The van der Waals surface area contributed by atoms with Gasteiger partial charge in [0.2, 0.25) is 0 Å². The summed E-state index contributed by atoms with van der Waals surface area (Å²) in [5.41, 5.74) is 1.32. The van der Waals surface area contributed by atoms with Gasteiger partial charge in [0.05, 0.1) is 6.04 Å². The van der Waals surface area contributed by atoms with E-state index in [1.165, 1.54) is 17.1 Å². The third kappa shape index (κ3) is 4.12. The van der Waals surface area contributed by atoms with Gasteiger partial charge in [0.1, 0.15) is 0 Å². The van der Waals surface area contributed by atoms with Gasteiger partial charge in [-0.05, 0) is 28.3 Å². The van der Waals surface area contributed by atoms with E-state index in [4.69, 9.17) is 0 Å². The number of hydrogen-bond acceptors (Lipinski definition) is 5. The van der Waals surface area contributed by atoms with Gasteiger partial charge in [-0.3, -0.25) is 4.90 Å². The van der Waals surface area contributed by atoms with E-state index in [2.05, 4.69) is 64.6 Å². The molecule has 0 bridgehead atoms. The van der Waals surface area contributed by atoms with Crippen molar-refractivity contribution < 1.29 is 0 Å². The van der Waals surface area contributed by atoms with E-state index in [0.29, 0.717) is 12.0 Å². The molecule has 2 heterocycles. The minimum atomic E-state index is 0.307. The quantitative estimate of drug-likeness (QED) is 0.814. The summed E-state index contributed by atoms with van der Waals surface area (Å²) in [5, 5.41) is 12.6.